The predicted molar refractivity (Wildman–Crippen MR) is 166 cm³/mol. The van der Waals surface area contributed by atoms with Crippen molar-refractivity contribution >= 4 is 52.0 Å². The molecule has 0 saturated carbocycles. The summed E-state index contributed by atoms with van der Waals surface area (Å²) in [7, 11) is 0. The van der Waals surface area contributed by atoms with Crippen molar-refractivity contribution in [2.45, 2.75) is 0 Å². The molecule has 0 aliphatic heterocycles. The summed E-state index contributed by atoms with van der Waals surface area (Å²) in [5, 5.41) is 5.09. The number of rotatable bonds is 3. The van der Waals surface area contributed by atoms with Crippen LogP contribution in [-0.2, 0) is 0 Å². The van der Waals surface area contributed by atoms with E-state index >= 15 is 0 Å². The van der Waals surface area contributed by atoms with E-state index in [2.05, 4.69) is 155 Å². The highest BCUT2D eigenvalue weighted by Crippen LogP contribution is 2.38. The minimum Gasteiger partial charge on any atom is -0.309 e. The van der Waals surface area contributed by atoms with E-state index in [4.69, 9.17) is 0 Å². The van der Waals surface area contributed by atoms with Crippen LogP contribution in [0, 0.1) is 0 Å². The van der Waals surface area contributed by atoms with Gasteiger partial charge in [-0.25, -0.2) is 0 Å². The lowest BCUT2D eigenvalue weighted by Crippen LogP contribution is -1.93. The van der Waals surface area contributed by atoms with Gasteiger partial charge in [0.25, 0.3) is 0 Å². The first-order chi connectivity index (χ1) is 18.9. The molecule has 0 fully saturated rings. The van der Waals surface area contributed by atoms with Gasteiger partial charge in [-0.3, -0.25) is 0 Å². The Morgan fingerprint density at radius 3 is 1.10 bits per heavy atom. The first-order valence-electron chi connectivity index (χ1n) is 13.0. The molecule has 0 amide bonds. The molecule has 0 unspecified atom stereocenters. The third-order valence-corrected chi connectivity index (χ3v) is 7.71. The van der Waals surface area contributed by atoms with Crippen LogP contribution in [0.5, 0.6) is 0 Å². The maximum absolute atomic E-state index is 2.37. The van der Waals surface area contributed by atoms with Gasteiger partial charge in [0.15, 0.2) is 0 Å². The predicted octanol–water partition coefficient (Wildman–Crippen LogP) is 9.17. The van der Waals surface area contributed by atoms with E-state index < -0.39 is 0 Å². The number of aromatic nitrogens is 2. The van der Waals surface area contributed by atoms with Gasteiger partial charge >= 0.3 is 0 Å². The van der Waals surface area contributed by atoms with Gasteiger partial charge in [0.05, 0.1) is 22.1 Å². The zero-order valence-electron chi connectivity index (χ0n) is 21.3. The van der Waals surface area contributed by atoms with E-state index in [-0.39, 0.29) is 8.41 Å². The standard InChI is InChI=1S/C36H24N2.B/c1-3-11-27(12-4-1)37-33-17-9-7-15-29(33)31-23-25(19-21-35(31)37)26-20-22-36-32(24-26)30-16-8-10-18-34(30)38(36)28-13-5-2-6-14-28;/h1-24H;. The number of fused-ring (bicyclic) bond motifs is 6. The van der Waals surface area contributed by atoms with Crippen molar-refractivity contribution in [2.75, 3.05) is 0 Å². The van der Waals surface area contributed by atoms with Gasteiger partial charge < -0.3 is 9.13 Å². The molecule has 0 N–H and O–H groups in total. The molecule has 0 atom stereocenters. The van der Waals surface area contributed by atoms with Crippen molar-refractivity contribution < 1.29 is 0 Å². The first-order valence-corrected chi connectivity index (χ1v) is 13.0. The summed E-state index contributed by atoms with van der Waals surface area (Å²) in [5.41, 5.74) is 9.73. The second-order valence-corrected chi connectivity index (χ2v) is 9.84. The summed E-state index contributed by atoms with van der Waals surface area (Å²) in [6, 6.07) is 52.4. The van der Waals surface area contributed by atoms with E-state index in [0.717, 1.165) is 0 Å². The van der Waals surface area contributed by atoms with E-state index in [0.29, 0.717) is 0 Å². The van der Waals surface area contributed by atoms with E-state index in [1.165, 1.54) is 66.1 Å². The van der Waals surface area contributed by atoms with Crippen LogP contribution >= 0.6 is 0 Å². The van der Waals surface area contributed by atoms with Gasteiger partial charge in [-0.1, -0.05) is 84.9 Å². The smallest absolute Gasteiger partial charge is 0.0541 e. The monoisotopic (exact) mass is 495 g/mol. The molecular weight excluding hydrogens is 471 g/mol. The van der Waals surface area contributed by atoms with Crippen LogP contribution in [0.1, 0.15) is 0 Å². The molecule has 3 heteroatoms. The maximum Gasteiger partial charge on any atom is 0.0541 e. The topological polar surface area (TPSA) is 9.86 Å². The second-order valence-electron chi connectivity index (χ2n) is 9.84. The fraction of sp³-hybridized carbons (Fsp3) is 0. The maximum atomic E-state index is 2.37. The Bertz CT molecular complexity index is 1960. The summed E-state index contributed by atoms with van der Waals surface area (Å²) >= 11 is 0. The molecule has 8 aromatic rings. The summed E-state index contributed by atoms with van der Waals surface area (Å²) in [4.78, 5) is 0. The Balaban J connectivity index is 0.00000253. The highest BCUT2D eigenvalue weighted by Gasteiger charge is 2.15. The average molecular weight is 495 g/mol. The highest BCUT2D eigenvalue weighted by molar-refractivity contribution is 6.12. The number of nitrogens with zero attached hydrogens (tertiary/aromatic N) is 2. The Labute approximate surface area is 228 Å². The first kappa shape index (κ1) is 23.1. The SMILES string of the molecule is [B].c1ccc(-n2c3ccccc3c3cc(-c4ccc5c(c4)c4ccccc4n5-c4ccccc4)ccc32)cc1. The number of hydrogen-bond acceptors (Lipinski definition) is 0. The molecule has 2 aromatic heterocycles. The molecule has 2 heterocycles. The number of hydrogen-bond donors (Lipinski definition) is 0. The van der Waals surface area contributed by atoms with Gasteiger partial charge in [-0.05, 0) is 71.8 Å². The lowest BCUT2D eigenvalue weighted by molar-refractivity contribution is 1.18. The summed E-state index contributed by atoms with van der Waals surface area (Å²) in [5.74, 6) is 0. The molecule has 2 nitrogen and oxygen atoms in total. The Kier molecular flexibility index (Phi) is 5.38. The largest absolute Gasteiger partial charge is 0.309 e. The quantitative estimate of drug-likeness (QED) is 0.216. The van der Waals surface area contributed by atoms with Gasteiger partial charge in [-0.2, -0.15) is 0 Å². The Morgan fingerprint density at radius 2 is 0.667 bits per heavy atom. The third-order valence-electron chi connectivity index (χ3n) is 7.71. The average Bonchev–Trinajstić information content (AvgIpc) is 3.50. The van der Waals surface area contributed by atoms with Crippen LogP contribution in [0.2, 0.25) is 0 Å². The van der Waals surface area contributed by atoms with Gasteiger partial charge in [-0.15, -0.1) is 0 Å². The molecule has 39 heavy (non-hydrogen) atoms. The van der Waals surface area contributed by atoms with Crippen LogP contribution in [-0.4, -0.2) is 17.5 Å². The normalized spacial score (nSPS) is 11.4. The number of para-hydroxylation sites is 4. The van der Waals surface area contributed by atoms with Crippen molar-refractivity contribution in [3.8, 4) is 22.5 Å². The van der Waals surface area contributed by atoms with Crippen molar-refractivity contribution in [1.82, 2.24) is 9.13 Å². The summed E-state index contributed by atoms with van der Waals surface area (Å²) in [6.45, 7) is 0. The Hall–Kier alpha value is -5.02. The summed E-state index contributed by atoms with van der Waals surface area (Å²) < 4.78 is 4.73. The van der Waals surface area contributed by atoms with Gasteiger partial charge in [0.1, 0.15) is 0 Å². The molecule has 0 spiro atoms. The van der Waals surface area contributed by atoms with E-state index in [1.807, 2.05) is 0 Å². The zero-order chi connectivity index (χ0) is 25.1. The van der Waals surface area contributed by atoms with Crippen LogP contribution < -0.4 is 0 Å². The fourth-order valence-corrected chi connectivity index (χ4v) is 6.02. The molecule has 6 aromatic carbocycles. The van der Waals surface area contributed by atoms with Crippen molar-refractivity contribution in [3.05, 3.63) is 146 Å². The Morgan fingerprint density at radius 1 is 0.308 bits per heavy atom. The minimum atomic E-state index is 0. The van der Waals surface area contributed by atoms with Gasteiger partial charge in [0.2, 0.25) is 0 Å². The van der Waals surface area contributed by atoms with Crippen LogP contribution in [0.15, 0.2) is 146 Å². The van der Waals surface area contributed by atoms with Gasteiger partial charge in [0, 0.05) is 41.3 Å². The van der Waals surface area contributed by atoms with E-state index in [9.17, 15) is 0 Å². The molecule has 0 aliphatic rings. The third kappa shape index (κ3) is 3.51. The van der Waals surface area contributed by atoms with Crippen LogP contribution in [0.3, 0.4) is 0 Å². The molecular formula is C36H24BN2. The highest BCUT2D eigenvalue weighted by atomic mass is 15.0. The van der Waals surface area contributed by atoms with Crippen molar-refractivity contribution in [3.63, 3.8) is 0 Å². The van der Waals surface area contributed by atoms with E-state index in [1.54, 1.807) is 0 Å². The molecule has 0 saturated heterocycles. The zero-order valence-corrected chi connectivity index (χ0v) is 21.3. The molecule has 8 rings (SSSR count). The van der Waals surface area contributed by atoms with Crippen LogP contribution in [0.4, 0.5) is 0 Å². The molecule has 0 aliphatic carbocycles. The minimum absolute atomic E-state index is 0. The molecule has 181 valence electrons. The molecule has 0 bridgehead atoms. The summed E-state index contributed by atoms with van der Waals surface area (Å²) in [6.07, 6.45) is 0. The van der Waals surface area contributed by atoms with Crippen molar-refractivity contribution in [2.24, 2.45) is 0 Å². The fourth-order valence-electron chi connectivity index (χ4n) is 6.02. The van der Waals surface area contributed by atoms with Crippen molar-refractivity contribution in [1.29, 1.82) is 0 Å². The number of benzene rings is 6. The second kappa shape index (κ2) is 9.07. The van der Waals surface area contributed by atoms with Crippen LogP contribution in [0.25, 0.3) is 66.1 Å². The lowest BCUT2D eigenvalue weighted by atomic mass is 10.0. The molecule has 3 radical (unpaired) electrons. The lowest BCUT2D eigenvalue weighted by Gasteiger charge is -2.09.